The van der Waals surface area contributed by atoms with Crippen LogP contribution in [0.25, 0.3) is 0 Å². The highest BCUT2D eigenvalue weighted by Gasteiger charge is 2.18. The molecule has 2 nitrogen and oxygen atoms in total. The van der Waals surface area contributed by atoms with Crippen molar-refractivity contribution in [2.45, 2.75) is 52.6 Å². The number of aromatic nitrogens is 2. The van der Waals surface area contributed by atoms with Gasteiger partial charge in [0.1, 0.15) is 12.4 Å². The molecular weight excluding hydrogens is 232 g/mol. The van der Waals surface area contributed by atoms with Crippen LogP contribution in [0.15, 0.2) is 42.7 Å². The molecule has 0 spiro atoms. The molecular formula is C17H25N2+. The molecule has 0 aliphatic heterocycles. The Labute approximate surface area is 116 Å². The predicted molar refractivity (Wildman–Crippen MR) is 79.2 cm³/mol. The first-order chi connectivity index (χ1) is 9.22. The van der Waals surface area contributed by atoms with Gasteiger partial charge in [0.15, 0.2) is 0 Å². The zero-order valence-corrected chi connectivity index (χ0v) is 12.3. The lowest BCUT2D eigenvalue weighted by Gasteiger charge is -2.07. The summed E-state index contributed by atoms with van der Waals surface area (Å²) in [6.45, 7) is 8.92. The highest BCUT2D eigenvalue weighted by Crippen LogP contribution is 2.11. The molecule has 1 heterocycles. The summed E-state index contributed by atoms with van der Waals surface area (Å²) in [5, 5.41) is 0. The van der Waals surface area contributed by atoms with E-state index < -0.39 is 0 Å². The van der Waals surface area contributed by atoms with Crippen molar-refractivity contribution in [3.05, 3.63) is 54.1 Å². The minimum absolute atomic E-state index is 0.576. The molecule has 0 fully saturated rings. The van der Waals surface area contributed by atoms with Crippen LogP contribution in [0.5, 0.6) is 0 Å². The molecule has 1 aromatic heterocycles. The van der Waals surface area contributed by atoms with E-state index in [2.05, 4.69) is 72.6 Å². The monoisotopic (exact) mass is 257 g/mol. The summed E-state index contributed by atoms with van der Waals surface area (Å²) < 4.78 is 4.77. The summed E-state index contributed by atoms with van der Waals surface area (Å²) in [5.41, 5.74) is 1.43. The fourth-order valence-electron chi connectivity index (χ4n) is 2.70. The van der Waals surface area contributed by atoms with Gasteiger partial charge in [-0.05, 0) is 25.3 Å². The third kappa shape index (κ3) is 3.46. The van der Waals surface area contributed by atoms with E-state index in [1.54, 1.807) is 0 Å². The normalized spacial score (nSPS) is 11.2. The van der Waals surface area contributed by atoms with Crippen LogP contribution in [0.4, 0.5) is 0 Å². The van der Waals surface area contributed by atoms with Crippen LogP contribution in [0.3, 0.4) is 0 Å². The molecule has 2 aromatic rings. The lowest BCUT2D eigenvalue weighted by Crippen LogP contribution is -2.38. The Kier molecular flexibility index (Phi) is 4.78. The van der Waals surface area contributed by atoms with Crippen molar-refractivity contribution in [2.24, 2.45) is 0 Å². The Balaban J connectivity index is 1.98. The zero-order chi connectivity index (χ0) is 13.7. The van der Waals surface area contributed by atoms with Gasteiger partial charge in [0, 0.05) is 0 Å². The molecule has 0 N–H and O–H groups in total. The van der Waals surface area contributed by atoms with Gasteiger partial charge in [-0.25, -0.2) is 9.13 Å². The van der Waals surface area contributed by atoms with Crippen molar-refractivity contribution < 1.29 is 4.57 Å². The van der Waals surface area contributed by atoms with Crippen LogP contribution in [-0.4, -0.2) is 4.57 Å². The largest absolute Gasteiger partial charge is 0.258 e. The second kappa shape index (κ2) is 6.55. The Morgan fingerprint density at radius 3 is 2.53 bits per heavy atom. The number of rotatable bonds is 6. The van der Waals surface area contributed by atoms with Crippen molar-refractivity contribution in [3.8, 4) is 0 Å². The van der Waals surface area contributed by atoms with Crippen LogP contribution in [0.1, 0.15) is 44.5 Å². The Morgan fingerprint density at radius 1 is 1.16 bits per heavy atom. The molecule has 0 aliphatic rings. The van der Waals surface area contributed by atoms with E-state index in [0.717, 1.165) is 19.5 Å². The van der Waals surface area contributed by atoms with E-state index in [1.165, 1.54) is 17.8 Å². The Morgan fingerprint density at radius 2 is 1.89 bits per heavy atom. The van der Waals surface area contributed by atoms with Crippen LogP contribution in [0.2, 0.25) is 0 Å². The Bertz CT molecular complexity index is 497. The quantitative estimate of drug-likeness (QED) is 0.700. The maximum absolute atomic E-state index is 2.41. The minimum Gasteiger partial charge on any atom is -0.234 e. The van der Waals surface area contributed by atoms with Gasteiger partial charge in [-0.1, -0.05) is 44.2 Å². The number of hydrogen-bond donors (Lipinski definition) is 0. The summed E-state index contributed by atoms with van der Waals surface area (Å²) in [4.78, 5) is 0. The van der Waals surface area contributed by atoms with E-state index >= 15 is 0 Å². The molecule has 0 radical (unpaired) electrons. The van der Waals surface area contributed by atoms with E-state index in [9.17, 15) is 0 Å². The number of imidazole rings is 1. The summed E-state index contributed by atoms with van der Waals surface area (Å²) >= 11 is 0. The zero-order valence-electron chi connectivity index (χ0n) is 12.3. The first kappa shape index (κ1) is 13.9. The molecule has 0 bridgehead atoms. The average molecular weight is 257 g/mol. The fourth-order valence-corrected chi connectivity index (χ4v) is 2.70. The third-order valence-corrected chi connectivity index (χ3v) is 3.58. The lowest BCUT2D eigenvalue weighted by atomic mass is 10.1. The van der Waals surface area contributed by atoms with Crippen molar-refractivity contribution in [2.75, 3.05) is 0 Å². The third-order valence-electron chi connectivity index (χ3n) is 3.58. The van der Waals surface area contributed by atoms with Crippen LogP contribution >= 0.6 is 0 Å². The van der Waals surface area contributed by atoms with E-state index in [1.807, 2.05) is 0 Å². The average Bonchev–Trinajstić information content (AvgIpc) is 2.83. The summed E-state index contributed by atoms with van der Waals surface area (Å²) in [6, 6.07) is 10.7. The van der Waals surface area contributed by atoms with Gasteiger partial charge < -0.3 is 0 Å². The highest BCUT2D eigenvalue weighted by atomic mass is 15.1. The molecule has 2 rings (SSSR count). The standard InChI is InChI=1S/C17H25N2/c1-4-18-13-14-19(17(18)15(2)3)12-8-11-16-9-6-5-7-10-16/h5-7,9-10,13-15H,4,8,11-12H2,1-3H3/q+1. The van der Waals surface area contributed by atoms with Crippen LogP contribution < -0.4 is 4.57 Å². The summed E-state index contributed by atoms with van der Waals surface area (Å²) in [5.74, 6) is 2.02. The molecule has 19 heavy (non-hydrogen) atoms. The molecule has 1 aromatic carbocycles. The van der Waals surface area contributed by atoms with Gasteiger partial charge in [-0.15, -0.1) is 0 Å². The minimum atomic E-state index is 0.576. The maximum Gasteiger partial charge on any atom is 0.258 e. The maximum atomic E-state index is 2.41. The predicted octanol–water partition coefficient (Wildman–Crippen LogP) is 3.55. The molecule has 102 valence electrons. The topological polar surface area (TPSA) is 8.81 Å². The van der Waals surface area contributed by atoms with E-state index in [0.29, 0.717) is 5.92 Å². The van der Waals surface area contributed by atoms with Gasteiger partial charge in [0.05, 0.1) is 19.0 Å². The van der Waals surface area contributed by atoms with Gasteiger partial charge >= 0.3 is 0 Å². The van der Waals surface area contributed by atoms with Crippen molar-refractivity contribution >= 4 is 0 Å². The van der Waals surface area contributed by atoms with Gasteiger partial charge in [-0.3, -0.25) is 0 Å². The molecule has 0 amide bonds. The molecule has 2 heteroatoms. The second-order valence-corrected chi connectivity index (χ2v) is 5.38. The Hall–Kier alpha value is -1.57. The number of aryl methyl sites for hydroxylation is 3. The number of benzene rings is 1. The van der Waals surface area contributed by atoms with E-state index in [-0.39, 0.29) is 0 Å². The first-order valence-electron chi connectivity index (χ1n) is 7.34. The number of hydrogen-bond acceptors (Lipinski definition) is 0. The summed E-state index contributed by atoms with van der Waals surface area (Å²) in [7, 11) is 0. The van der Waals surface area contributed by atoms with Crippen LogP contribution in [-0.2, 0) is 19.5 Å². The lowest BCUT2D eigenvalue weighted by molar-refractivity contribution is -0.705. The van der Waals surface area contributed by atoms with Crippen molar-refractivity contribution in [1.29, 1.82) is 0 Å². The fraction of sp³-hybridized carbons (Fsp3) is 0.471. The molecule has 0 saturated carbocycles. The van der Waals surface area contributed by atoms with Gasteiger partial charge in [0.2, 0.25) is 0 Å². The van der Waals surface area contributed by atoms with Gasteiger partial charge in [-0.2, -0.15) is 0 Å². The van der Waals surface area contributed by atoms with Crippen molar-refractivity contribution in [1.82, 2.24) is 4.57 Å². The number of nitrogens with zero attached hydrogens (tertiary/aromatic N) is 2. The molecule has 0 aliphatic carbocycles. The van der Waals surface area contributed by atoms with Crippen LogP contribution in [0, 0.1) is 0 Å². The molecule has 0 saturated heterocycles. The first-order valence-corrected chi connectivity index (χ1v) is 7.34. The summed E-state index contributed by atoms with van der Waals surface area (Å²) in [6.07, 6.45) is 6.78. The highest BCUT2D eigenvalue weighted by molar-refractivity contribution is 5.14. The van der Waals surface area contributed by atoms with E-state index in [4.69, 9.17) is 0 Å². The second-order valence-electron chi connectivity index (χ2n) is 5.38. The smallest absolute Gasteiger partial charge is 0.234 e. The molecule has 0 atom stereocenters. The van der Waals surface area contributed by atoms with Gasteiger partial charge in [0.25, 0.3) is 5.82 Å². The SMILES string of the molecule is CCn1cc[n+](CCCc2ccccc2)c1C(C)C. The molecule has 0 unspecified atom stereocenters. The van der Waals surface area contributed by atoms with Crippen molar-refractivity contribution in [3.63, 3.8) is 0 Å².